The first-order chi connectivity index (χ1) is 15.2. The standard InChI is InChI=1S/C25H20N2O3S/c28-24(19-8-6-18(7-9-19)14-17-4-2-1-3-5-17)27-25-26-21(16-31-25)20-10-11-22-23(15-20)30-13-12-29-22/h1-11,15-16H,12-14H2,(H,26,27,28). The Kier molecular flexibility index (Phi) is 5.37. The molecule has 0 fully saturated rings. The van der Waals surface area contributed by atoms with Gasteiger partial charge in [-0.25, -0.2) is 4.98 Å². The number of fused-ring (bicyclic) bond motifs is 1. The molecule has 1 amide bonds. The summed E-state index contributed by atoms with van der Waals surface area (Å²) in [6, 6.07) is 23.7. The van der Waals surface area contributed by atoms with Crippen LogP contribution >= 0.6 is 11.3 Å². The predicted octanol–water partition coefficient (Wildman–Crippen LogP) is 5.42. The minimum Gasteiger partial charge on any atom is -0.486 e. The van der Waals surface area contributed by atoms with Gasteiger partial charge in [0.25, 0.3) is 5.91 Å². The number of anilines is 1. The van der Waals surface area contributed by atoms with E-state index in [2.05, 4.69) is 22.4 Å². The number of carbonyl (C=O) groups is 1. The second-order valence-corrected chi connectivity index (χ2v) is 8.07. The molecule has 1 aliphatic rings. The predicted molar refractivity (Wildman–Crippen MR) is 122 cm³/mol. The Morgan fingerprint density at radius 2 is 1.65 bits per heavy atom. The molecule has 5 rings (SSSR count). The molecule has 0 bridgehead atoms. The van der Waals surface area contributed by atoms with Crippen molar-refractivity contribution in [2.45, 2.75) is 6.42 Å². The highest BCUT2D eigenvalue weighted by molar-refractivity contribution is 7.14. The van der Waals surface area contributed by atoms with Gasteiger partial charge in [-0.2, -0.15) is 0 Å². The molecule has 0 radical (unpaired) electrons. The molecule has 0 atom stereocenters. The number of ether oxygens (including phenoxy) is 2. The smallest absolute Gasteiger partial charge is 0.257 e. The van der Waals surface area contributed by atoms with Crippen molar-refractivity contribution in [3.8, 4) is 22.8 Å². The molecule has 6 heteroatoms. The van der Waals surface area contributed by atoms with Gasteiger partial charge in [0.1, 0.15) is 13.2 Å². The first-order valence-electron chi connectivity index (χ1n) is 10.0. The largest absolute Gasteiger partial charge is 0.486 e. The van der Waals surface area contributed by atoms with Gasteiger partial charge in [-0.05, 0) is 47.9 Å². The second kappa shape index (κ2) is 8.62. The second-order valence-electron chi connectivity index (χ2n) is 7.21. The van der Waals surface area contributed by atoms with Crippen molar-refractivity contribution in [2.24, 2.45) is 0 Å². The van der Waals surface area contributed by atoms with E-state index in [0.29, 0.717) is 23.9 Å². The fourth-order valence-electron chi connectivity index (χ4n) is 3.44. The van der Waals surface area contributed by atoms with Crippen LogP contribution in [0.1, 0.15) is 21.5 Å². The van der Waals surface area contributed by atoms with Crippen molar-refractivity contribution in [3.05, 3.63) is 94.9 Å². The lowest BCUT2D eigenvalue weighted by Crippen LogP contribution is -2.15. The SMILES string of the molecule is O=C(Nc1nc(-c2ccc3c(c2)OCCO3)cs1)c1ccc(Cc2ccccc2)cc1. The highest BCUT2D eigenvalue weighted by Gasteiger charge is 2.15. The topological polar surface area (TPSA) is 60.5 Å². The summed E-state index contributed by atoms with van der Waals surface area (Å²) < 4.78 is 11.2. The molecule has 4 aromatic rings. The minimum atomic E-state index is -0.172. The Morgan fingerprint density at radius 1 is 0.903 bits per heavy atom. The Hall–Kier alpha value is -3.64. The van der Waals surface area contributed by atoms with E-state index in [1.165, 1.54) is 16.9 Å². The van der Waals surface area contributed by atoms with Crippen molar-refractivity contribution in [2.75, 3.05) is 18.5 Å². The van der Waals surface area contributed by atoms with Gasteiger partial charge < -0.3 is 9.47 Å². The van der Waals surface area contributed by atoms with Gasteiger partial charge in [-0.3, -0.25) is 10.1 Å². The molecular formula is C25H20N2O3S. The van der Waals surface area contributed by atoms with Crippen LogP contribution in [0.2, 0.25) is 0 Å². The molecule has 1 aromatic heterocycles. The molecule has 1 aliphatic heterocycles. The molecular weight excluding hydrogens is 408 g/mol. The van der Waals surface area contributed by atoms with Gasteiger partial charge in [-0.15, -0.1) is 11.3 Å². The first-order valence-corrected chi connectivity index (χ1v) is 10.9. The normalized spacial score (nSPS) is 12.4. The summed E-state index contributed by atoms with van der Waals surface area (Å²) in [6.45, 7) is 1.10. The zero-order chi connectivity index (χ0) is 21.0. The molecule has 1 N–H and O–H groups in total. The van der Waals surface area contributed by atoms with Gasteiger partial charge in [0, 0.05) is 16.5 Å². The van der Waals surface area contributed by atoms with E-state index in [-0.39, 0.29) is 5.91 Å². The van der Waals surface area contributed by atoms with E-state index in [9.17, 15) is 4.79 Å². The molecule has 5 nitrogen and oxygen atoms in total. The van der Waals surface area contributed by atoms with Crippen LogP contribution in [0.3, 0.4) is 0 Å². The quantitative estimate of drug-likeness (QED) is 0.461. The number of aromatic nitrogens is 1. The molecule has 2 heterocycles. The van der Waals surface area contributed by atoms with Crippen LogP contribution in [-0.4, -0.2) is 24.1 Å². The van der Waals surface area contributed by atoms with Gasteiger partial charge >= 0.3 is 0 Å². The number of thiazole rings is 1. The van der Waals surface area contributed by atoms with Gasteiger partial charge in [-0.1, -0.05) is 42.5 Å². The molecule has 0 unspecified atom stereocenters. The zero-order valence-electron chi connectivity index (χ0n) is 16.7. The lowest BCUT2D eigenvalue weighted by Gasteiger charge is -2.18. The molecule has 3 aromatic carbocycles. The fraction of sp³-hybridized carbons (Fsp3) is 0.120. The van der Waals surface area contributed by atoms with Crippen LogP contribution in [-0.2, 0) is 6.42 Å². The number of amides is 1. The summed E-state index contributed by atoms with van der Waals surface area (Å²) in [5, 5.41) is 5.37. The van der Waals surface area contributed by atoms with Crippen molar-refractivity contribution >= 4 is 22.4 Å². The van der Waals surface area contributed by atoms with E-state index in [1.54, 1.807) is 0 Å². The Morgan fingerprint density at radius 3 is 2.45 bits per heavy atom. The van der Waals surface area contributed by atoms with Gasteiger partial charge in [0.05, 0.1) is 5.69 Å². The number of nitrogens with one attached hydrogen (secondary N) is 1. The highest BCUT2D eigenvalue weighted by Crippen LogP contribution is 2.35. The van der Waals surface area contributed by atoms with E-state index in [1.807, 2.05) is 66.0 Å². The maximum atomic E-state index is 12.6. The summed E-state index contributed by atoms with van der Waals surface area (Å²) >= 11 is 1.39. The highest BCUT2D eigenvalue weighted by atomic mass is 32.1. The Labute approximate surface area is 184 Å². The van der Waals surface area contributed by atoms with Crippen molar-refractivity contribution in [3.63, 3.8) is 0 Å². The monoisotopic (exact) mass is 428 g/mol. The molecule has 0 saturated carbocycles. The third-order valence-corrected chi connectivity index (χ3v) is 5.79. The van der Waals surface area contributed by atoms with E-state index in [0.717, 1.165) is 34.7 Å². The van der Waals surface area contributed by atoms with E-state index >= 15 is 0 Å². The Bertz CT molecular complexity index is 1200. The number of hydrogen-bond acceptors (Lipinski definition) is 5. The third-order valence-electron chi connectivity index (χ3n) is 5.03. The first kappa shape index (κ1) is 19.3. The van der Waals surface area contributed by atoms with Crippen LogP contribution in [0.15, 0.2) is 78.2 Å². The van der Waals surface area contributed by atoms with Crippen LogP contribution < -0.4 is 14.8 Å². The van der Waals surface area contributed by atoms with E-state index < -0.39 is 0 Å². The Balaban J connectivity index is 1.25. The van der Waals surface area contributed by atoms with Gasteiger partial charge in [0.2, 0.25) is 0 Å². The van der Waals surface area contributed by atoms with Crippen molar-refractivity contribution in [1.82, 2.24) is 4.98 Å². The average molecular weight is 429 g/mol. The van der Waals surface area contributed by atoms with Crippen LogP contribution in [0.25, 0.3) is 11.3 Å². The van der Waals surface area contributed by atoms with Crippen molar-refractivity contribution < 1.29 is 14.3 Å². The molecule has 0 spiro atoms. The minimum absolute atomic E-state index is 0.172. The zero-order valence-corrected chi connectivity index (χ0v) is 17.5. The number of benzene rings is 3. The van der Waals surface area contributed by atoms with Crippen LogP contribution in [0.5, 0.6) is 11.5 Å². The summed E-state index contributed by atoms with van der Waals surface area (Å²) in [5.74, 6) is 1.29. The molecule has 154 valence electrons. The lowest BCUT2D eigenvalue weighted by atomic mass is 10.0. The molecule has 31 heavy (non-hydrogen) atoms. The van der Waals surface area contributed by atoms with Crippen LogP contribution in [0.4, 0.5) is 5.13 Å². The number of hydrogen-bond donors (Lipinski definition) is 1. The summed E-state index contributed by atoms with van der Waals surface area (Å²) in [7, 11) is 0. The van der Waals surface area contributed by atoms with Crippen LogP contribution in [0, 0.1) is 0 Å². The third kappa shape index (κ3) is 4.44. The fourth-order valence-corrected chi connectivity index (χ4v) is 4.16. The number of rotatable bonds is 5. The molecule has 0 saturated heterocycles. The lowest BCUT2D eigenvalue weighted by molar-refractivity contribution is 0.102. The average Bonchev–Trinajstić information content (AvgIpc) is 3.28. The summed E-state index contributed by atoms with van der Waals surface area (Å²) in [5.41, 5.74) is 4.72. The van der Waals surface area contributed by atoms with E-state index in [4.69, 9.17) is 9.47 Å². The number of nitrogens with zero attached hydrogens (tertiary/aromatic N) is 1. The molecule has 0 aliphatic carbocycles. The number of carbonyl (C=O) groups excluding carboxylic acids is 1. The summed E-state index contributed by atoms with van der Waals surface area (Å²) in [4.78, 5) is 17.2. The van der Waals surface area contributed by atoms with Crippen molar-refractivity contribution in [1.29, 1.82) is 0 Å². The maximum Gasteiger partial charge on any atom is 0.257 e. The summed E-state index contributed by atoms with van der Waals surface area (Å²) in [6.07, 6.45) is 0.841. The van der Waals surface area contributed by atoms with Gasteiger partial charge in [0.15, 0.2) is 16.6 Å². The maximum absolute atomic E-state index is 12.6.